The highest BCUT2D eigenvalue weighted by Gasteiger charge is 2.20. The summed E-state index contributed by atoms with van der Waals surface area (Å²) in [4.78, 5) is 0. The molecule has 0 saturated heterocycles. The Balaban J connectivity index is 2.52. The third-order valence-electron chi connectivity index (χ3n) is 1.88. The van der Waals surface area contributed by atoms with E-state index in [-0.39, 0.29) is 5.69 Å². The molecule has 16 heavy (non-hydrogen) atoms. The van der Waals surface area contributed by atoms with Crippen molar-refractivity contribution >= 4 is 26.2 Å². The standard InChI is InChI=1S/C9H5BrFNO3S/c10-7-4-2-1-3-6(7)8-5-9(15-12-8)16(11,13)14/h1-5H. The van der Waals surface area contributed by atoms with E-state index in [2.05, 4.69) is 25.6 Å². The quantitative estimate of drug-likeness (QED) is 0.801. The maximum absolute atomic E-state index is 12.6. The van der Waals surface area contributed by atoms with Gasteiger partial charge in [0.15, 0.2) is 0 Å². The topological polar surface area (TPSA) is 60.2 Å². The molecule has 4 nitrogen and oxygen atoms in total. The van der Waals surface area contributed by atoms with Gasteiger partial charge in [-0.25, -0.2) is 0 Å². The third kappa shape index (κ3) is 2.14. The molecule has 0 amide bonds. The Labute approximate surface area is 99.4 Å². The van der Waals surface area contributed by atoms with Gasteiger partial charge in [-0.15, -0.1) is 0 Å². The van der Waals surface area contributed by atoms with Crippen molar-refractivity contribution in [3.63, 3.8) is 0 Å². The average molecular weight is 306 g/mol. The first-order valence-corrected chi connectivity index (χ1v) is 6.32. The van der Waals surface area contributed by atoms with E-state index in [1.807, 2.05) is 0 Å². The highest BCUT2D eigenvalue weighted by atomic mass is 79.9. The number of hydrogen-bond donors (Lipinski definition) is 0. The SMILES string of the molecule is O=S(=O)(F)c1cc(-c2ccccc2Br)no1. The molecule has 0 atom stereocenters. The van der Waals surface area contributed by atoms with Crippen LogP contribution in [0.4, 0.5) is 3.89 Å². The van der Waals surface area contributed by atoms with Crippen molar-refractivity contribution in [2.24, 2.45) is 0 Å². The monoisotopic (exact) mass is 305 g/mol. The lowest BCUT2D eigenvalue weighted by Gasteiger charge is -1.97. The molecule has 0 N–H and O–H groups in total. The van der Waals surface area contributed by atoms with Gasteiger partial charge in [0.2, 0.25) is 0 Å². The molecular formula is C9H5BrFNO3S. The van der Waals surface area contributed by atoms with E-state index in [4.69, 9.17) is 0 Å². The summed E-state index contributed by atoms with van der Waals surface area (Å²) in [5.41, 5.74) is 0.879. The van der Waals surface area contributed by atoms with E-state index in [1.54, 1.807) is 24.3 Å². The van der Waals surface area contributed by atoms with E-state index >= 15 is 0 Å². The van der Waals surface area contributed by atoms with Crippen LogP contribution in [0.3, 0.4) is 0 Å². The maximum Gasteiger partial charge on any atom is 0.368 e. The largest absolute Gasteiger partial charge is 0.368 e. The van der Waals surface area contributed by atoms with Gasteiger partial charge < -0.3 is 4.52 Å². The molecule has 0 aliphatic carbocycles. The van der Waals surface area contributed by atoms with Crippen molar-refractivity contribution in [2.75, 3.05) is 0 Å². The number of benzene rings is 1. The fraction of sp³-hybridized carbons (Fsp3) is 0. The van der Waals surface area contributed by atoms with Crippen LogP contribution < -0.4 is 0 Å². The van der Waals surface area contributed by atoms with Gasteiger partial charge in [-0.05, 0) is 6.07 Å². The molecular weight excluding hydrogens is 301 g/mol. The van der Waals surface area contributed by atoms with Gasteiger partial charge in [-0.1, -0.05) is 43.2 Å². The van der Waals surface area contributed by atoms with Crippen LogP contribution in [0.5, 0.6) is 0 Å². The molecule has 0 unspecified atom stereocenters. The summed E-state index contributed by atoms with van der Waals surface area (Å²) in [7, 11) is -4.85. The lowest BCUT2D eigenvalue weighted by atomic mass is 10.2. The van der Waals surface area contributed by atoms with E-state index in [1.165, 1.54) is 0 Å². The molecule has 1 aromatic carbocycles. The second-order valence-corrected chi connectivity index (χ2v) is 5.08. The molecule has 0 fully saturated rings. The van der Waals surface area contributed by atoms with Crippen molar-refractivity contribution in [1.82, 2.24) is 5.16 Å². The summed E-state index contributed by atoms with van der Waals surface area (Å²) in [6.07, 6.45) is 0. The van der Waals surface area contributed by atoms with Gasteiger partial charge in [0.1, 0.15) is 5.69 Å². The third-order valence-corrected chi connectivity index (χ3v) is 3.24. The molecule has 0 saturated carbocycles. The minimum atomic E-state index is -4.85. The van der Waals surface area contributed by atoms with Gasteiger partial charge in [0.05, 0.1) is 0 Å². The first-order chi connectivity index (χ1) is 7.48. The second-order valence-electron chi connectivity index (χ2n) is 2.95. The zero-order valence-corrected chi connectivity index (χ0v) is 10.1. The molecule has 0 spiro atoms. The molecule has 0 bridgehead atoms. The summed E-state index contributed by atoms with van der Waals surface area (Å²) in [5, 5.41) is 2.70. The number of rotatable bonds is 2. The zero-order chi connectivity index (χ0) is 11.8. The van der Waals surface area contributed by atoms with E-state index in [0.29, 0.717) is 10.0 Å². The van der Waals surface area contributed by atoms with Gasteiger partial charge in [0, 0.05) is 16.1 Å². The van der Waals surface area contributed by atoms with Crippen molar-refractivity contribution in [1.29, 1.82) is 0 Å². The van der Waals surface area contributed by atoms with Gasteiger partial charge in [-0.2, -0.15) is 8.42 Å². The molecule has 2 rings (SSSR count). The lowest BCUT2D eigenvalue weighted by molar-refractivity contribution is 0.334. The minimum Gasteiger partial charge on any atom is -0.341 e. The number of aromatic nitrogens is 1. The van der Waals surface area contributed by atoms with Crippen molar-refractivity contribution in [2.45, 2.75) is 5.09 Å². The van der Waals surface area contributed by atoms with Crippen LogP contribution in [0, 0.1) is 0 Å². The summed E-state index contributed by atoms with van der Waals surface area (Å²) in [6, 6.07) is 8.04. The summed E-state index contributed by atoms with van der Waals surface area (Å²) in [5.74, 6) is 0. The maximum atomic E-state index is 12.6. The van der Waals surface area contributed by atoms with Crippen LogP contribution in [0.15, 0.2) is 44.4 Å². The highest BCUT2D eigenvalue weighted by Crippen LogP contribution is 2.28. The summed E-state index contributed by atoms with van der Waals surface area (Å²) >= 11 is 3.27. The fourth-order valence-corrected chi connectivity index (χ4v) is 2.04. The van der Waals surface area contributed by atoms with Crippen LogP contribution in [0.2, 0.25) is 0 Å². The smallest absolute Gasteiger partial charge is 0.341 e. The number of nitrogens with zero attached hydrogens (tertiary/aromatic N) is 1. The van der Waals surface area contributed by atoms with Gasteiger partial charge >= 0.3 is 10.2 Å². The van der Waals surface area contributed by atoms with Crippen molar-refractivity contribution < 1.29 is 16.8 Å². The molecule has 0 aliphatic rings. The zero-order valence-electron chi connectivity index (χ0n) is 7.72. The van der Waals surface area contributed by atoms with Crippen LogP contribution in [-0.2, 0) is 10.2 Å². The Morgan fingerprint density at radius 1 is 1.31 bits per heavy atom. The first-order valence-electron chi connectivity index (χ1n) is 4.15. The first kappa shape index (κ1) is 11.3. The Kier molecular flexibility index (Phi) is 2.81. The van der Waals surface area contributed by atoms with Crippen molar-refractivity contribution in [3.8, 4) is 11.3 Å². The minimum absolute atomic E-state index is 0.253. The number of hydrogen-bond acceptors (Lipinski definition) is 4. The fourth-order valence-electron chi connectivity index (χ4n) is 1.17. The number of halogens is 2. The predicted octanol–water partition coefficient (Wildman–Crippen LogP) is 2.76. The van der Waals surface area contributed by atoms with E-state index in [0.717, 1.165) is 6.07 Å². The Morgan fingerprint density at radius 3 is 2.56 bits per heavy atom. The van der Waals surface area contributed by atoms with Gasteiger partial charge in [0.25, 0.3) is 5.09 Å². The molecule has 84 valence electrons. The molecule has 7 heteroatoms. The molecule has 0 radical (unpaired) electrons. The van der Waals surface area contributed by atoms with Crippen molar-refractivity contribution in [3.05, 3.63) is 34.8 Å². The summed E-state index contributed by atoms with van der Waals surface area (Å²) < 4.78 is 38.8. The average Bonchev–Trinajstić information content (AvgIpc) is 2.66. The summed E-state index contributed by atoms with van der Waals surface area (Å²) in [6.45, 7) is 0. The van der Waals surface area contributed by atoms with Crippen LogP contribution in [-0.4, -0.2) is 13.6 Å². The predicted molar refractivity (Wildman–Crippen MR) is 57.9 cm³/mol. The lowest BCUT2D eigenvalue weighted by Crippen LogP contribution is -1.87. The Bertz CT molecular complexity index is 623. The second kappa shape index (κ2) is 3.99. The van der Waals surface area contributed by atoms with Crippen LogP contribution in [0.1, 0.15) is 0 Å². The van der Waals surface area contributed by atoms with Crippen LogP contribution >= 0.6 is 15.9 Å². The van der Waals surface area contributed by atoms with Crippen LogP contribution in [0.25, 0.3) is 11.3 Å². The molecule has 1 aromatic heterocycles. The molecule has 2 aromatic rings. The Morgan fingerprint density at radius 2 is 2.00 bits per heavy atom. The van der Waals surface area contributed by atoms with E-state index in [9.17, 15) is 12.3 Å². The molecule has 1 heterocycles. The Hall–Kier alpha value is -1.21. The van der Waals surface area contributed by atoms with Gasteiger partial charge in [-0.3, -0.25) is 0 Å². The normalized spacial score (nSPS) is 11.6. The molecule has 0 aliphatic heterocycles. The highest BCUT2D eigenvalue weighted by molar-refractivity contribution is 9.10. The van der Waals surface area contributed by atoms with E-state index < -0.39 is 15.3 Å².